The van der Waals surface area contributed by atoms with Gasteiger partial charge in [-0.15, -0.1) is 0 Å². The minimum absolute atomic E-state index is 0.106. The molecule has 1 aliphatic heterocycles. The summed E-state index contributed by atoms with van der Waals surface area (Å²) >= 11 is 5.88. The molecule has 0 saturated carbocycles. The van der Waals surface area contributed by atoms with Crippen LogP contribution in [0.15, 0.2) is 36.4 Å². The molecule has 0 saturated heterocycles. The molecule has 4 heteroatoms. The van der Waals surface area contributed by atoms with E-state index in [9.17, 15) is 4.79 Å². The molecule has 0 unspecified atom stereocenters. The molecular formula is C15H11ClO3. The standard InChI is InChI=1S/C15H11ClO3/c16-13-5-4-10(8-12(13)15(17)18)11-3-1-2-9-6-7-19-14(9)11/h1-5,8H,6-7H2,(H,17,18). The monoisotopic (exact) mass is 274 g/mol. The zero-order valence-corrected chi connectivity index (χ0v) is 10.8. The molecule has 1 heterocycles. The van der Waals surface area contributed by atoms with E-state index in [1.807, 2.05) is 24.3 Å². The summed E-state index contributed by atoms with van der Waals surface area (Å²) in [6.45, 7) is 0.672. The van der Waals surface area contributed by atoms with Gasteiger partial charge in [-0.2, -0.15) is 0 Å². The number of ether oxygens (including phenoxy) is 1. The number of para-hydroxylation sites is 1. The molecule has 0 aromatic heterocycles. The average Bonchev–Trinajstić information content (AvgIpc) is 2.87. The molecule has 0 spiro atoms. The molecule has 0 radical (unpaired) electrons. The topological polar surface area (TPSA) is 46.5 Å². The van der Waals surface area contributed by atoms with Gasteiger partial charge in [0.25, 0.3) is 0 Å². The fourth-order valence-electron chi connectivity index (χ4n) is 2.30. The van der Waals surface area contributed by atoms with Crippen molar-refractivity contribution in [2.45, 2.75) is 6.42 Å². The number of carboxylic acids is 1. The summed E-state index contributed by atoms with van der Waals surface area (Å²) in [6, 6.07) is 10.9. The lowest BCUT2D eigenvalue weighted by Crippen LogP contribution is -1.98. The summed E-state index contributed by atoms with van der Waals surface area (Å²) in [5.41, 5.74) is 2.98. The summed E-state index contributed by atoms with van der Waals surface area (Å²) in [5.74, 6) is -0.179. The summed E-state index contributed by atoms with van der Waals surface area (Å²) in [5, 5.41) is 9.36. The predicted octanol–water partition coefficient (Wildman–Crippen LogP) is 3.64. The summed E-state index contributed by atoms with van der Waals surface area (Å²) in [7, 11) is 0. The van der Waals surface area contributed by atoms with Crippen molar-refractivity contribution in [3.8, 4) is 16.9 Å². The van der Waals surface area contributed by atoms with E-state index in [1.54, 1.807) is 12.1 Å². The highest BCUT2D eigenvalue weighted by Gasteiger charge is 2.18. The maximum Gasteiger partial charge on any atom is 0.337 e. The van der Waals surface area contributed by atoms with Gasteiger partial charge >= 0.3 is 5.97 Å². The number of halogens is 1. The Bertz CT molecular complexity index is 664. The van der Waals surface area contributed by atoms with E-state index in [0.717, 1.165) is 28.9 Å². The number of rotatable bonds is 2. The summed E-state index contributed by atoms with van der Waals surface area (Å²) in [4.78, 5) is 11.1. The van der Waals surface area contributed by atoms with E-state index >= 15 is 0 Å². The molecule has 0 amide bonds. The van der Waals surface area contributed by atoms with Crippen LogP contribution < -0.4 is 4.74 Å². The number of benzene rings is 2. The van der Waals surface area contributed by atoms with E-state index in [0.29, 0.717) is 6.61 Å². The van der Waals surface area contributed by atoms with Crippen molar-refractivity contribution in [2.75, 3.05) is 6.61 Å². The van der Waals surface area contributed by atoms with E-state index in [2.05, 4.69) is 0 Å². The number of hydrogen-bond acceptors (Lipinski definition) is 2. The Morgan fingerprint density at radius 3 is 2.89 bits per heavy atom. The number of fused-ring (bicyclic) bond motifs is 1. The van der Waals surface area contributed by atoms with E-state index in [1.165, 1.54) is 0 Å². The molecule has 0 fully saturated rings. The first-order valence-electron chi connectivity index (χ1n) is 5.95. The van der Waals surface area contributed by atoms with Gasteiger partial charge in [-0.3, -0.25) is 0 Å². The fraction of sp³-hybridized carbons (Fsp3) is 0.133. The Balaban J connectivity index is 2.16. The van der Waals surface area contributed by atoms with E-state index in [4.69, 9.17) is 21.4 Å². The second kappa shape index (κ2) is 4.59. The van der Waals surface area contributed by atoms with Crippen LogP contribution in [-0.4, -0.2) is 17.7 Å². The van der Waals surface area contributed by atoms with Crippen LogP contribution in [0.3, 0.4) is 0 Å². The van der Waals surface area contributed by atoms with Crippen LogP contribution >= 0.6 is 11.6 Å². The number of carboxylic acid groups (broad SMARTS) is 1. The molecule has 0 aliphatic carbocycles. The van der Waals surface area contributed by atoms with Gasteiger partial charge in [0.2, 0.25) is 0 Å². The average molecular weight is 275 g/mol. The van der Waals surface area contributed by atoms with Crippen molar-refractivity contribution in [3.63, 3.8) is 0 Å². The Hall–Kier alpha value is -2.00. The van der Waals surface area contributed by atoms with Gasteiger partial charge in [0.15, 0.2) is 0 Å². The smallest absolute Gasteiger partial charge is 0.337 e. The first kappa shape index (κ1) is 12.1. The summed E-state index contributed by atoms with van der Waals surface area (Å²) < 4.78 is 5.63. The number of carbonyl (C=O) groups is 1. The van der Waals surface area contributed by atoms with E-state index in [-0.39, 0.29) is 10.6 Å². The van der Waals surface area contributed by atoms with Gasteiger partial charge < -0.3 is 9.84 Å². The summed E-state index contributed by atoms with van der Waals surface area (Å²) in [6.07, 6.45) is 0.891. The molecule has 96 valence electrons. The largest absolute Gasteiger partial charge is 0.492 e. The third-order valence-corrected chi connectivity index (χ3v) is 3.55. The molecule has 3 rings (SSSR count). The normalized spacial score (nSPS) is 12.9. The van der Waals surface area contributed by atoms with Crippen molar-refractivity contribution >= 4 is 17.6 Å². The Labute approximate surface area is 115 Å². The maximum absolute atomic E-state index is 11.1. The van der Waals surface area contributed by atoms with Crippen molar-refractivity contribution in [1.29, 1.82) is 0 Å². The molecule has 1 aliphatic rings. The molecular weight excluding hydrogens is 264 g/mol. The van der Waals surface area contributed by atoms with Crippen molar-refractivity contribution in [2.24, 2.45) is 0 Å². The van der Waals surface area contributed by atoms with Gasteiger partial charge in [0.05, 0.1) is 17.2 Å². The zero-order valence-electron chi connectivity index (χ0n) is 10.0. The molecule has 2 aromatic carbocycles. The SMILES string of the molecule is O=C(O)c1cc(-c2cccc3c2OCC3)ccc1Cl. The number of aromatic carboxylic acids is 1. The number of hydrogen-bond donors (Lipinski definition) is 1. The minimum atomic E-state index is -1.03. The van der Waals surface area contributed by atoms with Gasteiger partial charge in [-0.05, 0) is 23.3 Å². The Morgan fingerprint density at radius 2 is 2.11 bits per heavy atom. The second-order valence-corrected chi connectivity index (χ2v) is 4.80. The highest BCUT2D eigenvalue weighted by molar-refractivity contribution is 6.33. The first-order chi connectivity index (χ1) is 9.16. The fourth-order valence-corrected chi connectivity index (χ4v) is 2.50. The zero-order chi connectivity index (χ0) is 13.4. The quantitative estimate of drug-likeness (QED) is 0.909. The van der Waals surface area contributed by atoms with Crippen LogP contribution in [0.5, 0.6) is 5.75 Å². The molecule has 0 bridgehead atoms. The first-order valence-corrected chi connectivity index (χ1v) is 6.32. The van der Waals surface area contributed by atoms with Crippen molar-refractivity contribution < 1.29 is 14.6 Å². The molecule has 2 aromatic rings. The van der Waals surface area contributed by atoms with Crippen LogP contribution in [0.2, 0.25) is 5.02 Å². The van der Waals surface area contributed by atoms with Crippen LogP contribution in [0.1, 0.15) is 15.9 Å². The lowest BCUT2D eigenvalue weighted by molar-refractivity contribution is 0.0697. The third kappa shape index (κ3) is 2.06. The van der Waals surface area contributed by atoms with Crippen LogP contribution in [0.25, 0.3) is 11.1 Å². The van der Waals surface area contributed by atoms with Crippen molar-refractivity contribution in [1.82, 2.24) is 0 Å². The Kier molecular flexibility index (Phi) is 2.91. The third-order valence-electron chi connectivity index (χ3n) is 3.22. The van der Waals surface area contributed by atoms with Crippen molar-refractivity contribution in [3.05, 3.63) is 52.5 Å². The van der Waals surface area contributed by atoms with Gasteiger partial charge in [-0.1, -0.05) is 35.9 Å². The second-order valence-electron chi connectivity index (χ2n) is 4.39. The Morgan fingerprint density at radius 1 is 1.26 bits per heavy atom. The predicted molar refractivity (Wildman–Crippen MR) is 73.0 cm³/mol. The van der Waals surface area contributed by atoms with Crippen LogP contribution in [0.4, 0.5) is 0 Å². The molecule has 19 heavy (non-hydrogen) atoms. The highest BCUT2D eigenvalue weighted by Crippen LogP contribution is 2.37. The van der Waals surface area contributed by atoms with Crippen LogP contribution in [-0.2, 0) is 6.42 Å². The van der Waals surface area contributed by atoms with Gasteiger partial charge in [-0.25, -0.2) is 4.79 Å². The maximum atomic E-state index is 11.1. The van der Waals surface area contributed by atoms with E-state index < -0.39 is 5.97 Å². The minimum Gasteiger partial charge on any atom is -0.492 e. The van der Waals surface area contributed by atoms with Crippen LogP contribution in [0, 0.1) is 0 Å². The molecule has 0 atom stereocenters. The van der Waals surface area contributed by atoms with Gasteiger partial charge in [0, 0.05) is 12.0 Å². The molecule has 3 nitrogen and oxygen atoms in total. The molecule has 1 N–H and O–H groups in total. The van der Waals surface area contributed by atoms with Gasteiger partial charge in [0.1, 0.15) is 5.75 Å². The lowest BCUT2D eigenvalue weighted by Gasteiger charge is -2.09. The lowest BCUT2D eigenvalue weighted by atomic mass is 9.99. The highest BCUT2D eigenvalue weighted by atomic mass is 35.5.